The van der Waals surface area contributed by atoms with Crippen LogP contribution in [0.3, 0.4) is 0 Å². The summed E-state index contributed by atoms with van der Waals surface area (Å²) in [5.74, 6) is 0. The minimum absolute atomic E-state index is 0.0311. The van der Waals surface area contributed by atoms with Gasteiger partial charge in [0, 0.05) is 31.4 Å². The normalized spacial score (nSPS) is 21.7. The highest BCUT2D eigenvalue weighted by Crippen LogP contribution is 2.15. The number of anilines is 1. The Labute approximate surface area is 115 Å². The minimum Gasteiger partial charge on any atom is -0.381 e. The van der Waals surface area contributed by atoms with Crippen LogP contribution in [0.25, 0.3) is 0 Å². The summed E-state index contributed by atoms with van der Waals surface area (Å²) < 4.78 is 1.61. The van der Waals surface area contributed by atoms with E-state index >= 15 is 0 Å². The molecule has 0 aliphatic carbocycles. The fourth-order valence-corrected chi connectivity index (χ4v) is 2.75. The van der Waals surface area contributed by atoms with Crippen molar-refractivity contribution < 1.29 is 0 Å². The molecule has 0 bridgehead atoms. The predicted octanol–water partition coefficient (Wildman–Crippen LogP) is 2.11. The van der Waals surface area contributed by atoms with Crippen molar-refractivity contribution in [3.8, 4) is 0 Å². The molecule has 2 unspecified atom stereocenters. The second-order valence-corrected chi connectivity index (χ2v) is 5.65. The van der Waals surface area contributed by atoms with Gasteiger partial charge in [-0.15, -0.1) is 0 Å². The maximum absolute atomic E-state index is 11.3. The Hall–Kier alpha value is -1.29. The van der Waals surface area contributed by atoms with E-state index in [1.165, 1.54) is 25.7 Å². The second kappa shape index (κ2) is 6.75. The summed E-state index contributed by atoms with van der Waals surface area (Å²) in [4.78, 5) is 11.3. The topological polar surface area (TPSA) is 46.1 Å². The molecule has 106 valence electrons. The average Bonchev–Trinajstić information content (AvgIpc) is 2.62. The molecule has 2 N–H and O–H groups in total. The Bertz CT molecular complexity index is 447. The van der Waals surface area contributed by atoms with E-state index in [9.17, 15) is 4.79 Å². The predicted molar refractivity (Wildman–Crippen MR) is 79.6 cm³/mol. The lowest BCUT2D eigenvalue weighted by Crippen LogP contribution is -2.33. The minimum atomic E-state index is 0.0311. The molecule has 1 aliphatic heterocycles. The fourth-order valence-electron chi connectivity index (χ4n) is 2.75. The summed E-state index contributed by atoms with van der Waals surface area (Å²) in [6.45, 7) is 3.36. The molecule has 0 spiro atoms. The van der Waals surface area contributed by atoms with E-state index in [0.29, 0.717) is 12.1 Å². The molecular weight excluding hydrogens is 238 g/mol. The van der Waals surface area contributed by atoms with Crippen LogP contribution in [0, 0.1) is 0 Å². The van der Waals surface area contributed by atoms with Gasteiger partial charge in [-0.25, -0.2) is 0 Å². The van der Waals surface area contributed by atoms with Gasteiger partial charge in [-0.05, 0) is 38.8 Å². The molecule has 19 heavy (non-hydrogen) atoms. The summed E-state index contributed by atoms with van der Waals surface area (Å²) in [6, 6.07) is 4.50. The Kier molecular flexibility index (Phi) is 5.02. The van der Waals surface area contributed by atoms with Crippen LogP contribution in [-0.4, -0.2) is 23.2 Å². The SMILES string of the molecule is CC(CC1CCCCCN1)Nc1ccc(=O)n(C)c1. The van der Waals surface area contributed by atoms with Crippen LogP contribution in [0.5, 0.6) is 0 Å². The number of aryl methyl sites for hydroxylation is 1. The fraction of sp³-hybridized carbons (Fsp3) is 0.667. The van der Waals surface area contributed by atoms with Crippen molar-refractivity contribution >= 4 is 5.69 Å². The van der Waals surface area contributed by atoms with Gasteiger partial charge in [0.2, 0.25) is 5.56 Å². The molecule has 1 aliphatic rings. The van der Waals surface area contributed by atoms with E-state index in [4.69, 9.17) is 0 Å². The van der Waals surface area contributed by atoms with Crippen LogP contribution in [0.15, 0.2) is 23.1 Å². The molecule has 4 heteroatoms. The summed E-state index contributed by atoms with van der Waals surface area (Å²) >= 11 is 0. The van der Waals surface area contributed by atoms with Crippen molar-refractivity contribution in [3.63, 3.8) is 0 Å². The lowest BCUT2D eigenvalue weighted by Gasteiger charge is -2.22. The Morgan fingerprint density at radius 2 is 2.26 bits per heavy atom. The zero-order valence-electron chi connectivity index (χ0n) is 12.0. The molecule has 4 nitrogen and oxygen atoms in total. The van der Waals surface area contributed by atoms with Crippen molar-refractivity contribution in [2.24, 2.45) is 7.05 Å². The van der Waals surface area contributed by atoms with Gasteiger partial charge < -0.3 is 15.2 Å². The molecule has 0 saturated carbocycles. The number of rotatable bonds is 4. The molecule has 0 radical (unpaired) electrons. The summed E-state index contributed by atoms with van der Waals surface area (Å²) in [7, 11) is 1.78. The molecule has 1 fully saturated rings. The number of pyridine rings is 1. The van der Waals surface area contributed by atoms with Gasteiger partial charge in [-0.3, -0.25) is 4.79 Å². The van der Waals surface area contributed by atoms with Gasteiger partial charge in [0.15, 0.2) is 0 Å². The van der Waals surface area contributed by atoms with Gasteiger partial charge >= 0.3 is 0 Å². The third-order valence-corrected chi connectivity index (χ3v) is 3.80. The summed E-state index contributed by atoms with van der Waals surface area (Å²) in [6.07, 6.45) is 8.26. The summed E-state index contributed by atoms with van der Waals surface area (Å²) in [5.41, 5.74) is 1.05. The lowest BCUT2D eigenvalue weighted by atomic mass is 10.0. The zero-order chi connectivity index (χ0) is 13.7. The first-order valence-corrected chi connectivity index (χ1v) is 7.32. The largest absolute Gasteiger partial charge is 0.381 e. The molecule has 2 heterocycles. The number of aromatic nitrogens is 1. The smallest absolute Gasteiger partial charge is 0.250 e. The van der Waals surface area contributed by atoms with Gasteiger partial charge in [-0.1, -0.05) is 12.8 Å². The van der Waals surface area contributed by atoms with Crippen molar-refractivity contribution in [2.75, 3.05) is 11.9 Å². The lowest BCUT2D eigenvalue weighted by molar-refractivity contribution is 0.456. The molecule has 2 atom stereocenters. The highest BCUT2D eigenvalue weighted by atomic mass is 16.1. The van der Waals surface area contributed by atoms with Gasteiger partial charge in [0.25, 0.3) is 0 Å². The third kappa shape index (κ3) is 4.39. The van der Waals surface area contributed by atoms with Gasteiger partial charge in [0.05, 0.1) is 5.69 Å². The number of nitrogens with one attached hydrogen (secondary N) is 2. The van der Waals surface area contributed by atoms with Crippen LogP contribution in [-0.2, 0) is 7.05 Å². The molecular formula is C15H25N3O. The van der Waals surface area contributed by atoms with E-state index in [1.54, 1.807) is 17.7 Å². The molecule has 1 aromatic rings. The van der Waals surface area contributed by atoms with E-state index in [-0.39, 0.29) is 5.56 Å². The average molecular weight is 263 g/mol. The monoisotopic (exact) mass is 263 g/mol. The first-order chi connectivity index (χ1) is 9.15. The van der Waals surface area contributed by atoms with Gasteiger partial charge in [0.1, 0.15) is 0 Å². The highest BCUT2D eigenvalue weighted by molar-refractivity contribution is 5.41. The Morgan fingerprint density at radius 1 is 1.42 bits per heavy atom. The third-order valence-electron chi connectivity index (χ3n) is 3.80. The van der Waals surface area contributed by atoms with Crippen LogP contribution in [0.2, 0.25) is 0 Å². The molecule has 0 aromatic carbocycles. The van der Waals surface area contributed by atoms with E-state index < -0.39 is 0 Å². The standard InChI is InChI=1S/C15H25N3O/c1-12(10-13-6-4-3-5-9-16-13)17-14-7-8-15(19)18(2)11-14/h7-8,11-13,16-17H,3-6,9-10H2,1-2H3. The van der Waals surface area contributed by atoms with Crippen LogP contribution in [0.4, 0.5) is 5.69 Å². The van der Waals surface area contributed by atoms with Crippen molar-refractivity contribution in [3.05, 3.63) is 28.7 Å². The first-order valence-electron chi connectivity index (χ1n) is 7.32. The van der Waals surface area contributed by atoms with Crippen LogP contribution in [0.1, 0.15) is 39.0 Å². The highest BCUT2D eigenvalue weighted by Gasteiger charge is 2.14. The van der Waals surface area contributed by atoms with Crippen molar-refractivity contribution in [1.82, 2.24) is 9.88 Å². The molecule has 1 aromatic heterocycles. The Balaban J connectivity index is 1.87. The van der Waals surface area contributed by atoms with Crippen LogP contribution < -0.4 is 16.2 Å². The van der Waals surface area contributed by atoms with Gasteiger partial charge in [-0.2, -0.15) is 0 Å². The van der Waals surface area contributed by atoms with Crippen molar-refractivity contribution in [2.45, 2.75) is 51.1 Å². The molecule has 1 saturated heterocycles. The van der Waals surface area contributed by atoms with Crippen molar-refractivity contribution in [1.29, 1.82) is 0 Å². The van der Waals surface area contributed by atoms with E-state index in [2.05, 4.69) is 17.6 Å². The van der Waals surface area contributed by atoms with Crippen LogP contribution >= 0.6 is 0 Å². The summed E-state index contributed by atoms with van der Waals surface area (Å²) in [5, 5.41) is 7.10. The number of nitrogens with zero attached hydrogens (tertiary/aromatic N) is 1. The maximum atomic E-state index is 11.3. The zero-order valence-corrected chi connectivity index (χ0v) is 12.0. The maximum Gasteiger partial charge on any atom is 0.250 e. The van der Waals surface area contributed by atoms with E-state index in [0.717, 1.165) is 18.7 Å². The number of hydrogen-bond donors (Lipinski definition) is 2. The second-order valence-electron chi connectivity index (χ2n) is 5.65. The Morgan fingerprint density at radius 3 is 3.05 bits per heavy atom. The van der Waals surface area contributed by atoms with E-state index in [1.807, 2.05) is 12.3 Å². The quantitative estimate of drug-likeness (QED) is 0.874. The molecule has 0 amide bonds. The number of hydrogen-bond acceptors (Lipinski definition) is 3. The first kappa shape index (κ1) is 14.1. The molecule has 2 rings (SSSR count).